The number of carbonyl (C=O) groups is 1. The zero-order valence-electron chi connectivity index (χ0n) is 15.7. The van der Waals surface area contributed by atoms with E-state index >= 15 is 0 Å². The predicted molar refractivity (Wildman–Crippen MR) is 101 cm³/mol. The monoisotopic (exact) mass is 357 g/mol. The summed E-state index contributed by atoms with van der Waals surface area (Å²) in [6, 6.07) is 3.40. The maximum Gasteiger partial charge on any atom is 0.259 e. The molecule has 1 atom stereocenters. The summed E-state index contributed by atoms with van der Waals surface area (Å²) in [5.41, 5.74) is 0.777. The van der Waals surface area contributed by atoms with Gasteiger partial charge in [-0.15, -0.1) is 0 Å². The first-order valence-electron chi connectivity index (χ1n) is 10.3. The zero-order chi connectivity index (χ0) is 18.0. The Morgan fingerprint density at radius 1 is 1.15 bits per heavy atom. The minimum Gasteiger partial charge on any atom is -0.619 e. The molecule has 1 unspecified atom stereocenters. The second-order valence-electron chi connectivity index (χ2n) is 8.77. The van der Waals surface area contributed by atoms with E-state index < -0.39 is 0 Å². The number of hydrogen-bond acceptors (Lipinski definition) is 3. The fraction of sp³-hybridized carbons (Fsp3) is 0.714. The Bertz CT molecular complexity index is 644. The second-order valence-corrected chi connectivity index (χ2v) is 8.77. The van der Waals surface area contributed by atoms with Crippen LogP contribution in [0.2, 0.25) is 0 Å². The predicted octanol–water partition coefficient (Wildman–Crippen LogP) is 2.83. The molecule has 1 saturated carbocycles. The van der Waals surface area contributed by atoms with Gasteiger partial charge in [0.2, 0.25) is 0 Å². The van der Waals surface area contributed by atoms with Crippen molar-refractivity contribution in [3.8, 4) is 0 Å². The molecule has 5 heteroatoms. The van der Waals surface area contributed by atoms with E-state index in [4.69, 9.17) is 0 Å². The summed E-state index contributed by atoms with van der Waals surface area (Å²) < 4.78 is 0.714. The molecule has 3 fully saturated rings. The van der Waals surface area contributed by atoms with E-state index in [0.717, 1.165) is 32.0 Å². The number of piperidine rings is 1. The Morgan fingerprint density at radius 2 is 2.00 bits per heavy atom. The Hall–Kier alpha value is -1.62. The Kier molecular flexibility index (Phi) is 5.16. The van der Waals surface area contributed by atoms with Crippen LogP contribution in [0.1, 0.15) is 61.7 Å². The molecule has 2 saturated heterocycles. The van der Waals surface area contributed by atoms with Crippen molar-refractivity contribution in [2.24, 2.45) is 11.3 Å². The topological polar surface area (TPSA) is 50.5 Å². The van der Waals surface area contributed by atoms with Crippen LogP contribution in [0, 0.1) is 16.5 Å². The number of pyridine rings is 1. The van der Waals surface area contributed by atoms with E-state index in [1.807, 2.05) is 4.90 Å². The van der Waals surface area contributed by atoms with Gasteiger partial charge in [-0.3, -0.25) is 4.79 Å². The molecule has 0 bridgehead atoms. The summed E-state index contributed by atoms with van der Waals surface area (Å²) in [5, 5.41) is 11.5. The van der Waals surface area contributed by atoms with Crippen molar-refractivity contribution in [1.82, 2.24) is 9.80 Å². The lowest BCUT2D eigenvalue weighted by molar-refractivity contribution is -0.605. The van der Waals surface area contributed by atoms with E-state index in [1.165, 1.54) is 70.4 Å². The van der Waals surface area contributed by atoms with Gasteiger partial charge in [-0.2, -0.15) is 4.73 Å². The lowest BCUT2D eigenvalue weighted by Gasteiger charge is -2.42. The summed E-state index contributed by atoms with van der Waals surface area (Å²) in [4.78, 5) is 17.4. The van der Waals surface area contributed by atoms with Gasteiger partial charge in [-0.05, 0) is 50.6 Å². The molecular weight excluding hydrogens is 326 g/mol. The van der Waals surface area contributed by atoms with Crippen LogP contribution in [-0.4, -0.2) is 48.4 Å². The van der Waals surface area contributed by atoms with Gasteiger partial charge in [0, 0.05) is 37.7 Å². The fourth-order valence-corrected chi connectivity index (χ4v) is 5.41. The lowest BCUT2D eigenvalue weighted by atomic mass is 9.78. The van der Waals surface area contributed by atoms with Gasteiger partial charge < -0.3 is 15.0 Å². The molecule has 1 aliphatic carbocycles. The summed E-state index contributed by atoms with van der Waals surface area (Å²) >= 11 is 0. The van der Waals surface area contributed by atoms with E-state index in [1.54, 1.807) is 12.1 Å². The number of carbonyl (C=O) groups excluding carboxylic acids is 1. The highest BCUT2D eigenvalue weighted by molar-refractivity contribution is 5.93. The minimum atomic E-state index is 0.0106. The number of likely N-dealkylation sites (tertiary alicyclic amines) is 2. The molecule has 5 nitrogen and oxygen atoms in total. The van der Waals surface area contributed by atoms with Crippen LogP contribution in [0.15, 0.2) is 24.5 Å². The highest BCUT2D eigenvalue weighted by Crippen LogP contribution is 2.40. The van der Waals surface area contributed by atoms with Gasteiger partial charge >= 0.3 is 0 Å². The molecule has 1 aromatic heterocycles. The first-order valence-corrected chi connectivity index (χ1v) is 10.3. The maximum atomic E-state index is 12.8. The van der Waals surface area contributed by atoms with Gasteiger partial charge in [-0.25, -0.2) is 0 Å². The lowest BCUT2D eigenvalue weighted by Crippen LogP contribution is -2.47. The molecule has 1 amide bonds. The maximum absolute atomic E-state index is 12.8. The van der Waals surface area contributed by atoms with Crippen molar-refractivity contribution in [2.75, 3.05) is 32.7 Å². The van der Waals surface area contributed by atoms with Crippen molar-refractivity contribution in [1.29, 1.82) is 0 Å². The van der Waals surface area contributed by atoms with Crippen LogP contribution >= 0.6 is 0 Å². The van der Waals surface area contributed by atoms with Crippen LogP contribution in [0.5, 0.6) is 0 Å². The Balaban J connectivity index is 1.37. The summed E-state index contributed by atoms with van der Waals surface area (Å²) in [7, 11) is 0. The van der Waals surface area contributed by atoms with E-state index in [9.17, 15) is 10.0 Å². The molecule has 3 heterocycles. The summed E-state index contributed by atoms with van der Waals surface area (Å²) in [5.74, 6) is 0.895. The second kappa shape index (κ2) is 7.55. The minimum absolute atomic E-state index is 0.0106. The Labute approximate surface area is 156 Å². The van der Waals surface area contributed by atoms with Crippen LogP contribution < -0.4 is 4.73 Å². The summed E-state index contributed by atoms with van der Waals surface area (Å²) in [6.45, 7) is 5.29. The van der Waals surface area contributed by atoms with Gasteiger partial charge in [-0.1, -0.05) is 19.3 Å². The van der Waals surface area contributed by atoms with Crippen molar-refractivity contribution in [2.45, 2.75) is 51.4 Å². The van der Waals surface area contributed by atoms with Gasteiger partial charge in [0.05, 0.1) is 0 Å². The zero-order valence-corrected chi connectivity index (χ0v) is 15.7. The van der Waals surface area contributed by atoms with E-state index in [-0.39, 0.29) is 11.3 Å². The fourth-order valence-electron chi connectivity index (χ4n) is 5.41. The SMILES string of the molecule is O=C(c1ccc[n+]([O-])c1)N1CCC2(CCCN(CC3CCCCC3)C2)C1. The molecule has 3 aliphatic rings. The molecule has 0 aromatic carbocycles. The first-order chi connectivity index (χ1) is 12.6. The quantitative estimate of drug-likeness (QED) is 0.617. The van der Waals surface area contributed by atoms with Crippen molar-refractivity contribution in [3.05, 3.63) is 35.3 Å². The highest BCUT2D eigenvalue weighted by atomic mass is 16.5. The molecule has 0 radical (unpaired) electrons. The van der Waals surface area contributed by atoms with E-state index in [0.29, 0.717) is 10.3 Å². The number of hydrogen-bond donors (Lipinski definition) is 0. The highest BCUT2D eigenvalue weighted by Gasteiger charge is 2.43. The normalized spacial score (nSPS) is 27.9. The molecule has 26 heavy (non-hydrogen) atoms. The van der Waals surface area contributed by atoms with Crippen molar-refractivity contribution in [3.63, 3.8) is 0 Å². The molecule has 4 rings (SSSR count). The van der Waals surface area contributed by atoms with Gasteiger partial charge in [0.25, 0.3) is 5.91 Å². The average molecular weight is 357 g/mol. The molecule has 142 valence electrons. The van der Waals surface area contributed by atoms with E-state index in [2.05, 4.69) is 4.90 Å². The number of aromatic nitrogens is 1. The summed E-state index contributed by atoms with van der Waals surface area (Å²) in [6.07, 6.45) is 13.4. The molecular formula is C21H31N3O2. The number of amides is 1. The van der Waals surface area contributed by atoms with Crippen LogP contribution in [0.4, 0.5) is 0 Å². The van der Waals surface area contributed by atoms with Crippen LogP contribution in [-0.2, 0) is 0 Å². The molecule has 1 spiro atoms. The van der Waals surface area contributed by atoms with Crippen molar-refractivity contribution >= 4 is 5.91 Å². The number of nitrogens with zero attached hydrogens (tertiary/aromatic N) is 3. The smallest absolute Gasteiger partial charge is 0.259 e. The molecule has 2 aliphatic heterocycles. The van der Waals surface area contributed by atoms with Gasteiger partial charge in [0.15, 0.2) is 12.4 Å². The van der Waals surface area contributed by atoms with Gasteiger partial charge in [0.1, 0.15) is 5.56 Å². The third kappa shape index (κ3) is 3.88. The molecule has 0 N–H and O–H groups in total. The Morgan fingerprint density at radius 3 is 2.81 bits per heavy atom. The first kappa shape index (κ1) is 17.8. The third-order valence-corrected chi connectivity index (χ3v) is 6.73. The van der Waals surface area contributed by atoms with Crippen molar-refractivity contribution < 1.29 is 9.52 Å². The molecule has 1 aromatic rings. The van der Waals surface area contributed by atoms with Crippen LogP contribution in [0.3, 0.4) is 0 Å². The average Bonchev–Trinajstić information content (AvgIpc) is 3.05. The van der Waals surface area contributed by atoms with Crippen LogP contribution in [0.25, 0.3) is 0 Å². The third-order valence-electron chi connectivity index (χ3n) is 6.73. The largest absolute Gasteiger partial charge is 0.619 e. The number of rotatable bonds is 3. The standard InChI is InChI=1S/C21H31N3O2/c25-20(19-8-4-12-24(26)15-19)23-13-10-21(17-23)9-5-11-22(16-21)14-18-6-2-1-3-7-18/h4,8,12,15,18H,1-3,5-7,9-11,13-14,16-17H2.